The Morgan fingerprint density at radius 3 is 2.62 bits per heavy atom. The molecule has 10 heteroatoms. The molecule has 0 saturated carbocycles. The van der Waals surface area contributed by atoms with Crippen LogP contribution < -0.4 is 10.2 Å². The minimum Gasteiger partial charge on any atom is -0.372 e. The average molecular weight is 431 g/mol. The number of rotatable bonds is 4. The second kappa shape index (κ2) is 7.64. The van der Waals surface area contributed by atoms with E-state index in [4.69, 9.17) is 11.6 Å². The number of hydrogen-bond acceptors (Lipinski definition) is 3. The van der Waals surface area contributed by atoms with E-state index in [1.807, 2.05) is 0 Å². The maximum Gasteiger partial charge on any atom is 0.416 e. The molecular formula is C19H15ClF4N2O3. The quantitative estimate of drug-likeness (QED) is 0.578. The molecule has 1 fully saturated rings. The molecule has 0 bridgehead atoms. The SMILES string of the molecule is O=C(NCc1cc(F)cc(Cl)c1)[C@@]1(O)CCN(c2cccc(C(F)(F)F)c2)C1=O. The van der Waals surface area contributed by atoms with Crippen molar-refractivity contribution in [3.05, 3.63) is 64.4 Å². The number of nitrogens with zero attached hydrogens (tertiary/aromatic N) is 1. The van der Waals surface area contributed by atoms with Crippen LogP contribution in [0.3, 0.4) is 0 Å². The number of carbonyl (C=O) groups is 2. The highest BCUT2D eigenvalue weighted by molar-refractivity contribution is 6.30. The van der Waals surface area contributed by atoms with Gasteiger partial charge < -0.3 is 15.3 Å². The van der Waals surface area contributed by atoms with Gasteiger partial charge in [-0.15, -0.1) is 0 Å². The summed E-state index contributed by atoms with van der Waals surface area (Å²) >= 11 is 5.73. The largest absolute Gasteiger partial charge is 0.416 e. The van der Waals surface area contributed by atoms with Crippen molar-refractivity contribution in [1.82, 2.24) is 5.32 Å². The van der Waals surface area contributed by atoms with Gasteiger partial charge in [0.25, 0.3) is 11.8 Å². The van der Waals surface area contributed by atoms with E-state index in [0.717, 1.165) is 35.2 Å². The maximum atomic E-state index is 13.4. The summed E-state index contributed by atoms with van der Waals surface area (Å²) in [6.07, 6.45) is -4.91. The van der Waals surface area contributed by atoms with Crippen LogP contribution in [0.15, 0.2) is 42.5 Å². The highest BCUT2D eigenvalue weighted by atomic mass is 35.5. The molecule has 1 heterocycles. The summed E-state index contributed by atoms with van der Waals surface area (Å²) in [7, 11) is 0. The van der Waals surface area contributed by atoms with Crippen molar-refractivity contribution >= 4 is 29.1 Å². The van der Waals surface area contributed by atoms with E-state index in [-0.39, 0.29) is 30.2 Å². The van der Waals surface area contributed by atoms with Crippen molar-refractivity contribution in [1.29, 1.82) is 0 Å². The van der Waals surface area contributed by atoms with Crippen LogP contribution in [0.1, 0.15) is 17.5 Å². The summed E-state index contributed by atoms with van der Waals surface area (Å²) < 4.78 is 52.1. The molecule has 29 heavy (non-hydrogen) atoms. The van der Waals surface area contributed by atoms with Gasteiger partial charge in [0.1, 0.15) is 5.82 Å². The first-order valence-electron chi connectivity index (χ1n) is 8.45. The normalized spacial score (nSPS) is 19.5. The maximum absolute atomic E-state index is 13.4. The van der Waals surface area contributed by atoms with E-state index in [0.29, 0.717) is 5.56 Å². The number of amides is 2. The van der Waals surface area contributed by atoms with Gasteiger partial charge in [-0.25, -0.2) is 4.39 Å². The van der Waals surface area contributed by atoms with Crippen molar-refractivity contribution in [2.75, 3.05) is 11.4 Å². The Morgan fingerprint density at radius 2 is 1.97 bits per heavy atom. The number of benzene rings is 2. The minimum absolute atomic E-state index is 0.0783. The number of anilines is 1. The lowest BCUT2D eigenvalue weighted by molar-refractivity contribution is -0.149. The number of aliphatic hydroxyl groups is 1. The van der Waals surface area contributed by atoms with Crippen molar-refractivity contribution in [3.8, 4) is 0 Å². The second-order valence-corrected chi connectivity index (χ2v) is 7.01. The Kier molecular flexibility index (Phi) is 5.55. The Bertz CT molecular complexity index is 946. The number of alkyl halides is 3. The highest BCUT2D eigenvalue weighted by Crippen LogP contribution is 2.34. The molecule has 0 unspecified atom stereocenters. The molecule has 2 aromatic rings. The lowest BCUT2D eigenvalue weighted by Crippen LogP contribution is -2.52. The summed E-state index contributed by atoms with van der Waals surface area (Å²) in [5.74, 6) is -2.68. The van der Waals surface area contributed by atoms with Gasteiger partial charge in [-0.3, -0.25) is 9.59 Å². The summed E-state index contributed by atoms with van der Waals surface area (Å²) in [6.45, 7) is -0.342. The van der Waals surface area contributed by atoms with E-state index < -0.39 is 35.0 Å². The molecule has 2 amide bonds. The molecule has 1 saturated heterocycles. The van der Waals surface area contributed by atoms with E-state index in [9.17, 15) is 32.3 Å². The van der Waals surface area contributed by atoms with Gasteiger partial charge in [0.15, 0.2) is 0 Å². The first-order valence-corrected chi connectivity index (χ1v) is 8.83. The molecule has 0 aliphatic carbocycles. The van der Waals surface area contributed by atoms with Crippen molar-refractivity contribution < 1.29 is 32.3 Å². The summed E-state index contributed by atoms with van der Waals surface area (Å²) in [6, 6.07) is 7.65. The predicted octanol–water partition coefficient (Wildman–Crippen LogP) is 3.28. The van der Waals surface area contributed by atoms with Gasteiger partial charge in [-0.1, -0.05) is 17.7 Å². The van der Waals surface area contributed by atoms with Crippen LogP contribution in [-0.4, -0.2) is 29.1 Å². The van der Waals surface area contributed by atoms with Crippen molar-refractivity contribution in [2.45, 2.75) is 24.7 Å². The molecule has 0 spiro atoms. The number of halogens is 5. The molecule has 0 aromatic heterocycles. The van der Waals surface area contributed by atoms with Gasteiger partial charge in [0.05, 0.1) is 5.56 Å². The number of hydrogen-bond donors (Lipinski definition) is 2. The van der Waals surface area contributed by atoms with Gasteiger partial charge in [-0.2, -0.15) is 13.2 Å². The molecule has 3 rings (SSSR count). The third-order valence-corrected chi connectivity index (χ3v) is 4.75. The third-order valence-electron chi connectivity index (χ3n) is 4.53. The number of carbonyl (C=O) groups excluding carboxylic acids is 2. The van der Waals surface area contributed by atoms with E-state index in [1.54, 1.807) is 0 Å². The predicted molar refractivity (Wildman–Crippen MR) is 96.6 cm³/mol. The minimum atomic E-state index is -4.60. The highest BCUT2D eigenvalue weighted by Gasteiger charge is 2.51. The van der Waals surface area contributed by atoms with Crippen LogP contribution in [0.5, 0.6) is 0 Å². The van der Waals surface area contributed by atoms with Crippen molar-refractivity contribution in [2.24, 2.45) is 0 Å². The van der Waals surface area contributed by atoms with Crippen LogP contribution >= 0.6 is 11.6 Å². The summed E-state index contributed by atoms with van der Waals surface area (Å²) in [5, 5.41) is 13.0. The zero-order valence-corrected chi connectivity index (χ0v) is 15.5. The van der Waals surface area contributed by atoms with E-state index in [2.05, 4.69) is 5.32 Å². The van der Waals surface area contributed by atoms with Gasteiger partial charge >= 0.3 is 6.18 Å². The molecule has 1 aliphatic heterocycles. The van der Waals surface area contributed by atoms with Crippen LogP contribution in [-0.2, 0) is 22.3 Å². The molecule has 0 radical (unpaired) electrons. The fraction of sp³-hybridized carbons (Fsp3) is 0.263. The fourth-order valence-corrected chi connectivity index (χ4v) is 3.30. The Hall–Kier alpha value is -2.65. The van der Waals surface area contributed by atoms with Crippen LogP contribution in [0.25, 0.3) is 0 Å². The third kappa shape index (κ3) is 4.35. The molecular weight excluding hydrogens is 416 g/mol. The first kappa shape index (κ1) is 21.1. The molecule has 1 aliphatic rings. The molecule has 5 nitrogen and oxygen atoms in total. The molecule has 2 N–H and O–H groups in total. The monoisotopic (exact) mass is 430 g/mol. The lowest BCUT2D eigenvalue weighted by atomic mass is 10.0. The van der Waals surface area contributed by atoms with Crippen LogP contribution in [0.4, 0.5) is 23.2 Å². The topological polar surface area (TPSA) is 69.6 Å². The Morgan fingerprint density at radius 1 is 1.24 bits per heavy atom. The Balaban J connectivity index is 1.74. The smallest absolute Gasteiger partial charge is 0.372 e. The fourth-order valence-electron chi connectivity index (χ4n) is 3.05. The standard InChI is InChI=1S/C19H15ClF4N2O3/c20-13-6-11(7-14(21)9-13)10-25-16(27)18(29)4-5-26(17(18)28)15-3-1-2-12(8-15)19(22,23)24/h1-3,6-9,29H,4-5,10H2,(H,25,27)/t18-/m0/s1. The van der Waals surface area contributed by atoms with Gasteiger partial charge in [0, 0.05) is 30.2 Å². The van der Waals surface area contributed by atoms with Crippen LogP contribution in [0, 0.1) is 5.82 Å². The summed E-state index contributed by atoms with van der Waals surface area (Å²) in [4.78, 5) is 25.9. The molecule has 1 atom stereocenters. The molecule has 154 valence electrons. The van der Waals surface area contributed by atoms with Crippen LogP contribution in [0.2, 0.25) is 5.02 Å². The number of nitrogens with one attached hydrogen (secondary N) is 1. The van der Waals surface area contributed by atoms with Gasteiger partial charge in [-0.05, 0) is 42.0 Å². The average Bonchev–Trinajstić information content (AvgIpc) is 2.94. The Labute approximate surface area is 167 Å². The zero-order chi connectivity index (χ0) is 21.4. The van der Waals surface area contributed by atoms with E-state index >= 15 is 0 Å². The first-order chi connectivity index (χ1) is 13.5. The van der Waals surface area contributed by atoms with E-state index in [1.165, 1.54) is 12.1 Å². The lowest BCUT2D eigenvalue weighted by Gasteiger charge is -2.22. The zero-order valence-electron chi connectivity index (χ0n) is 14.8. The van der Waals surface area contributed by atoms with Gasteiger partial charge in [0.2, 0.25) is 5.60 Å². The molecule has 2 aromatic carbocycles. The second-order valence-electron chi connectivity index (χ2n) is 6.58. The summed E-state index contributed by atoms with van der Waals surface area (Å²) in [5.41, 5.74) is -3.16. The van der Waals surface area contributed by atoms with Crippen molar-refractivity contribution in [3.63, 3.8) is 0 Å².